The Hall–Kier alpha value is -0.580. The zero-order chi connectivity index (χ0) is 13.8. The molecule has 0 bridgehead atoms. The molecule has 19 heavy (non-hydrogen) atoms. The van der Waals surface area contributed by atoms with Crippen molar-refractivity contribution in [3.63, 3.8) is 0 Å². The fourth-order valence-electron chi connectivity index (χ4n) is 2.60. The van der Waals surface area contributed by atoms with Crippen LogP contribution in [0.2, 0.25) is 0 Å². The zero-order valence-electron chi connectivity index (χ0n) is 12.1. The van der Waals surface area contributed by atoms with E-state index in [0.29, 0.717) is 6.04 Å². The van der Waals surface area contributed by atoms with Gasteiger partial charge in [-0.2, -0.15) is 0 Å². The molecule has 1 aromatic rings. The van der Waals surface area contributed by atoms with Crippen LogP contribution in [0, 0.1) is 0 Å². The van der Waals surface area contributed by atoms with Gasteiger partial charge in [0.05, 0.1) is 0 Å². The molecule has 0 spiro atoms. The molecule has 0 saturated carbocycles. The number of rotatable bonds is 3. The van der Waals surface area contributed by atoms with E-state index < -0.39 is 0 Å². The van der Waals surface area contributed by atoms with Crippen molar-refractivity contribution in [2.45, 2.75) is 19.4 Å². The molecule has 1 aromatic carbocycles. The number of nitrogens with zero attached hydrogens (tertiary/aromatic N) is 2. The highest BCUT2D eigenvalue weighted by Crippen LogP contribution is 2.30. The Kier molecular flexibility index (Phi) is 5.25. The van der Waals surface area contributed by atoms with Crippen LogP contribution in [-0.2, 0) is 0 Å². The predicted molar refractivity (Wildman–Crippen MR) is 85.9 cm³/mol. The summed E-state index contributed by atoms with van der Waals surface area (Å²) in [6.45, 7) is 6.80. The Balaban J connectivity index is 2.28. The van der Waals surface area contributed by atoms with Gasteiger partial charge in [-0.3, -0.25) is 0 Å². The Labute approximate surface area is 125 Å². The second-order valence-corrected chi connectivity index (χ2v) is 6.27. The normalized spacial score (nSPS) is 19.3. The van der Waals surface area contributed by atoms with E-state index in [2.05, 4.69) is 63.2 Å². The summed E-state index contributed by atoms with van der Waals surface area (Å²) in [5, 5.41) is 3.35. The second-order valence-electron chi connectivity index (χ2n) is 5.36. The van der Waals surface area contributed by atoms with Crippen molar-refractivity contribution < 1.29 is 0 Å². The highest BCUT2D eigenvalue weighted by molar-refractivity contribution is 9.10. The van der Waals surface area contributed by atoms with Crippen LogP contribution >= 0.6 is 15.9 Å². The molecular weight excluding hydrogens is 302 g/mol. The van der Waals surface area contributed by atoms with E-state index in [9.17, 15) is 0 Å². The minimum atomic E-state index is 0.379. The zero-order valence-corrected chi connectivity index (χ0v) is 13.7. The highest BCUT2D eigenvalue weighted by Gasteiger charge is 2.18. The lowest BCUT2D eigenvalue weighted by atomic mass is 10.1. The Bertz CT molecular complexity index is 422. The third-order valence-corrected chi connectivity index (χ3v) is 4.45. The van der Waals surface area contributed by atoms with Crippen LogP contribution in [0.5, 0.6) is 0 Å². The molecule has 1 saturated heterocycles. The third-order valence-electron chi connectivity index (χ3n) is 3.95. The number of benzene rings is 1. The van der Waals surface area contributed by atoms with Crippen LogP contribution in [-0.4, -0.2) is 45.2 Å². The van der Waals surface area contributed by atoms with E-state index in [1.54, 1.807) is 0 Å². The largest absolute Gasteiger partial charge is 0.370 e. The van der Waals surface area contributed by atoms with Crippen molar-refractivity contribution in [3.8, 4) is 0 Å². The number of anilines is 1. The second kappa shape index (κ2) is 6.73. The SMILES string of the molecule is CNC(C)c1ccc(Br)cc1N1CCCN(C)CC1. The average Bonchev–Trinajstić information content (AvgIpc) is 2.62. The summed E-state index contributed by atoms with van der Waals surface area (Å²) >= 11 is 3.61. The lowest BCUT2D eigenvalue weighted by Gasteiger charge is -2.28. The smallest absolute Gasteiger partial charge is 0.0426 e. The van der Waals surface area contributed by atoms with Gasteiger partial charge in [-0.15, -0.1) is 0 Å². The fourth-order valence-corrected chi connectivity index (χ4v) is 2.95. The minimum Gasteiger partial charge on any atom is -0.370 e. The number of hydrogen-bond acceptors (Lipinski definition) is 3. The quantitative estimate of drug-likeness (QED) is 0.921. The maximum Gasteiger partial charge on any atom is 0.0426 e. The van der Waals surface area contributed by atoms with Gasteiger partial charge in [0.15, 0.2) is 0 Å². The molecule has 1 atom stereocenters. The molecule has 4 heteroatoms. The van der Waals surface area contributed by atoms with Crippen LogP contribution in [0.25, 0.3) is 0 Å². The monoisotopic (exact) mass is 325 g/mol. The molecule has 3 nitrogen and oxygen atoms in total. The molecular formula is C15H24BrN3. The summed E-state index contributed by atoms with van der Waals surface area (Å²) < 4.78 is 1.16. The predicted octanol–water partition coefficient (Wildman–Crippen LogP) is 2.87. The van der Waals surface area contributed by atoms with E-state index >= 15 is 0 Å². The van der Waals surface area contributed by atoms with Crippen LogP contribution < -0.4 is 10.2 Å². The van der Waals surface area contributed by atoms with Gasteiger partial charge >= 0.3 is 0 Å². The summed E-state index contributed by atoms with van der Waals surface area (Å²) in [5.41, 5.74) is 2.75. The fraction of sp³-hybridized carbons (Fsp3) is 0.600. The maximum atomic E-state index is 3.61. The number of likely N-dealkylation sites (N-methyl/N-ethyl adjacent to an activating group) is 1. The summed E-state index contributed by atoms with van der Waals surface area (Å²) in [6, 6.07) is 7.00. The molecule has 1 fully saturated rings. The molecule has 106 valence electrons. The van der Waals surface area contributed by atoms with Gasteiger partial charge in [-0.1, -0.05) is 22.0 Å². The van der Waals surface area contributed by atoms with Gasteiger partial charge in [0.25, 0.3) is 0 Å². The molecule has 2 rings (SSSR count). The first-order valence-electron chi connectivity index (χ1n) is 7.02. The van der Waals surface area contributed by atoms with E-state index in [0.717, 1.165) is 24.1 Å². The number of nitrogens with one attached hydrogen (secondary N) is 1. The maximum absolute atomic E-state index is 3.61. The minimum absolute atomic E-state index is 0.379. The molecule has 1 aliphatic heterocycles. The van der Waals surface area contributed by atoms with Gasteiger partial charge in [0.1, 0.15) is 0 Å². The molecule has 1 aliphatic rings. The van der Waals surface area contributed by atoms with Crippen LogP contribution in [0.4, 0.5) is 5.69 Å². The van der Waals surface area contributed by atoms with Crippen molar-refractivity contribution in [1.82, 2.24) is 10.2 Å². The van der Waals surface area contributed by atoms with E-state index in [-0.39, 0.29) is 0 Å². The molecule has 0 aromatic heterocycles. The van der Waals surface area contributed by atoms with Crippen LogP contribution in [0.3, 0.4) is 0 Å². The van der Waals surface area contributed by atoms with Crippen LogP contribution in [0.15, 0.2) is 22.7 Å². The van der Waals surface area contributed by atoms with E-state index in [4.69, 9.17) is 0 Å². The average molecular weight is 326 g/mol. The summed E-state index contributed by atoms with van der Waals surface area (Å²) in [6.07, 6.45) is 1.23. The number of halogens is 1. The summed E-state index contributed by atoms with van der Waals surface area (Å²) in [4.78, 5) is 4.94. The standard InChI is InChI=1S/C15H24BrN3/c1-12(17-2)14-6-5-13(16)11-15(14)19-8-4-7-18(3)9-10-19/h5-6,11-12,17H,4,7-10H2,1-3H3. The topological polar surface area (TPSA) is 18.5 Å². The Morgan fingerprint density at radius 3 is 2.74 bits per heavy atom. The molecule has 1 unspecified atom stereocenters. The van der Waals surface area contributed by atoms with Crippen molar-refractivity contribution in [3.05, 3.63) is 28.2 Å². The summed E-state index contributed by atoms with van der Waals surface area (Å²) in [7, 11) is 4.23. The van der Waals surface area contributed by atoms with E-state index in [1.165, 1.54) is 24.2 Å². The van der Waals surface area contributed by atoms with Gasteiger partial charge in [-0.25, -0.2) is 0 Å². The first kappa shape index (κ1) is 14.8. The summed E-state index contributed by atoms with van der Waals surface area (Å²) in [5.74, 6) is 0. The van der Waals surface area contributed by atoms with Crippen LogP contribution in [0.1, 0.15) is 24.9 Å². The third kappa shape index (κ3) is 3.71. The van der Waals surface area contributed by atoms with Crippen molar-refractivity contribution in [1.29, 1.82) is 0 Å². The van der Waals surface area contributed by atoms with Gasteiger partial charge in [-0.05, 0) is 51.7 Å². The Morgan fingerprint density at radius 2 is 2.00 bits per heavy atom. The van der Waals surface area contributed by atoms with E-state index in [1.807, 2.05) is 7.05 Å². The Morgan fingerprint density at radius 1 is 1.21 bits per heavy atom. The molecule has 1 heterocycles. The first-order chi connectivity index (χ1) is 9.11. The van der Waals surface area contributed by atoms with Gasteiger partial charge in [0.2, 0.25) is 0 Å². The molecule has 0 amide bonds. The first-order valence-corrected chi connectivity index (χ1v) is 7.81. The van der Waals surface area contributed by atoms with Crippen molar-refractivity contribution >= 4 is 21.6 Å². The number of hydrogen-bond donors (Lipinski definition) is 1. The molecule has 1 N–H and O–H groups in total. The molecule has 0 radical (unpaired) electrons. The molecule has 0 aliphatic carbocycles. The van der Waals surface area contributed by atoms with Crippen molar-refractivity contribution in [2.24, 2.45) is 0 Å². The van der Waals surface area contributed by atoms with Gasteiger partial charge < -0.3 is 15.1 Å². The van der Waals surface area contributed by atoms with Crippen molar-refractivity contribution in [2.75, 3.05) is 45.2 Å². The highest BCUT2D eigenvalue weighted by atomic mass is 79.9. The van der Waals surface area contributed by atoms with Gasteiger partial charge in [0, 0.05) is 35.8 Å². The lowest BCUT2D eigenvalue weighted by molar-refractivity contribution is 0.360. The lowest BCUT2D eigenvalue weighted by Crippen LogP contribution is -2.30.